The molecule has 0 radical (unpaired) electrons. The van der Waals surface area contributed by atoms with Gasteiger partial charge in [0.2, 0.25) is 0 Å². The van der Waals surface area contributed by atoms with Crippen LogP contribution in [-0.4, -0.2) is 10.7 Å². The zero-order valence-electron chi connectivity index (χ0n) is 9.93. The number of benzene rings is 1. The predicted octanol–water partition coefficient (Wildman–Crippen LogP) is 3.82. The Morgan fingerprint density at radius 3 is 2.56 bits per heavy atom. The molecule has 0 spiro atoms. The molecule has 0 fully saturated rings. The van der Waals surface area contributed by atoms with E-state index in [-0.39, 0.29) is 12.2 Å². The van der Waals surface area contributed by atoms with Crippen molar-refractivity contribution >= 4 is 11.6 Å². The maximum atomic E-state index is 13.5. The Kier molecular flexibility index (Phi) is 4.34. The minimum Gasteiger partial charge on any atom is -0.390 e. The molecule has 1 unspecified atom stereocenters. The third-order valence-corrected chi connectivity index (χ3v) is 2.82. The molecule has 1 aromatic carbocycles. The molecule has 1 rings (SSSR count). The first-order valence-corrected chi connectivity index (χ1v) is 5.85. The second-order valence-electron chi connectivity index (χ2n) is 4.97. The van der Waals surface area contributed by atoms with Crippen molar-refractivity contribution in [2.75, 3.05) is 0 Å². The van der Waals surface area contributed by atoms with Crippen LogP contribution in [-0.2, 0) is 6.42 Å². The van der Waals surface area contributed by atoms with Crippen molar-refractivity contribution in [3.8, 4) is 0 Å². The fourth-order valence-electron chi connectivity index (χ4n) is 2.03. The number of halogens is 2. The summed E-state index contributed by atoms with van der Waals surface area (Å²) in [5.41, 5.74) is -0.519. The van der Waals surface area contributed by atoms with E-state index >= 15 is 0 Å². The molecule has 0 bridgehead atoms. The van der Waals surface area contributed by atoms with Crippen LogP contribution in [0.2, 0.25) is 5.02 Å². The van der Waals surface area contributed by atoms with E-state index in [2.05, 4.69) is 0 Å². The molecule has 1 atom stereocenters. The van der Waals surface area contributed by atoms with Gasteiger partial charge in [-0.2, -0.15) is 0 Å². The first-order valence-electron chi connectivity index (χ1n) is 5.47. The minimum absolute atomic E-state index is 0.247. The smallest absolute Gasteiger partial charge is 0.127 e. The fraction of sp³-hybridized carbons (Fsp3) is 0.538. The van der Waals surface area contributed by atoms with Gasteiger partial charge >= 0.3 is 0 Å². The molecule has 16 heavy (non-hydrogen) atoms. The molecule has 0 aromatic heterocycles. The summed E-state index contributed by atoms with van der Waals surface area (Å²) < 4.78 is 13.5. The van der Waals surface area contributed by atoms with Crippen LogP contribution in [0.25, 0.3) is 0 Å². The van der Waals surface area contributed by atoms with E-state index in [0.717, 1.165) is 0 Å². The van der Waals surface area contributed by atoms with E-state index in [0.29, 0.717) is 22.9 Å². The highest BCUT2D eigenvalue weighted by molar-refractivity contribution is 6.31. The second-order valence-corrected chi connectivity index (χ2v) is 5.38. The van der Waals surface area contributed by atoms with Gasteiger partial charge in [-0.3, -0.25) is 0 Å². The highest BCUT2D eigenvalue weighted by atomic mass is 35.5. The van der Waals surface area contributed by atoms with E-state index in [1.165, 1.54) is 6.07 Å². The molecule has 0 amide bonds. The van der Waals surface area contributed by atoms with Gasteiger partial charge in [0.25, 0.3) is 0 Å². The lowest BCUT2D eigenvalue weighted by atomic mass is 9.88. The standard InChI is InChI=1S/C13H18ClFO/c1-9(2)7-13(3,16)8-10-11(14)5-4-6-12(10)15/h4-6,9,16H,7-8H2,1-3H3. The number of rotatable bonds is 4. The Morgan fingerprint density at radius 1 is 1.44 bits per heavy atom. The topological polar surface area (TPSA) is 20.2 Å². The fourth-order valence-corrected chi connectivity index (χ4v) is 2.26. The lowest BCUT2D eigenvalue weighted by molar-refractivity contribution is 0.0380. The average molecular weight is 245 g/mol. The molecule has 0 saturated heterocycles. The molecular formula is C13H18ClFO. The van der Waals surface area contributed by atoms with Gasteiger partial charge < -0.3 is 5.11 Å². The van der Waals surface area contributed by atoms with E-state index in [9.17, 15) is 9.50 Å². The number of aliphatic hydroxyl groups is 1. The van der Waals surface area contributed by atoms with Crippen LogP contribution < -0.4 is 0 Å². The lowest BCUT2D eigenvalue weighted by Crippen LogP contribution is -2.29. The van der Waals surface area contributed by atoms with Gasteiger partial charge in [-0.05, 0) is 31.4 Å². The average Bonchev–Trinajstić information content (AvgIpc) is 2.09. The minimum atomic E-state index is -0.917. The van der Waals surface area contributed by atoms with E-state index in [1.54, 1.807) is 19.1 Å². The Labute approximate surface area is 101 Å². The molecule has 1 nitrogen and oxygen atoms in total. The third kappa shape index (κ3) is 3.76. The summed E-state index contributed by atoms with van der Waals surface area (Å²) in [6, 6.07) is 4.58. The number of hydrogen-bond donors (Lipinski definition) is 1. The highest BCUT2D eigenvalue weighted by Gasteiger charge is 2.25. The summed E-state index contributed by atoms with van der Waals surface area (Å²) in [6.45, 7) is 5.77. The van der Waals surface area contributed by atoms with Crippen LogP contribution in [0.4, 0.5) is 4.39 Å². The third-order valence-electron chi connectivity index (χ3n) is 2.47. The van der Waals surface area contributed by atoms with Crippen molar-refractivity contribution in [1.29, 1.82) is 0 Å². The summed E-state index contributed by atoms with van der Waals surface area (Å²) in [5.74, 6) is 0.0112. The second kappa shape index (κ2) is 5.15. The van der Waals surface area contributed by atoms with Crippen LogP contribution in [0.1, 0.15) is 32.8 Å². The first-order chi connectivity index (χ1) is 7.32. The SMILES string of the molecule is CC(C)CC(C)(O)Cc1c(F)cccc1Cl. The molecule has 3 heteroatoms. The molecule has 0 aliphatic heterocycles. The van der Waals surface area contributed by atoms with E-state index in [4.69, 9.17) is 11.6 Å². The molecule has 0 saturated carbocycles. The van der Waals surface area contributed by atoms with E-state index < -0.39 is 5.60 Å². The Bertz CT molecular complexity index is 341. The molecule has 0 heterocycles. The monoisotopic (exact) mass is 244 g/mol. The van der Waals surface area contributed by atoms with Crippen LogP contribution in [0.3, 0.4) is 0 Å². The predicted molar refractivity (Wildman–Crippen MR) is 65.2 cm³/mol. The quantitative estimate of drug-likeness (QED) is 0.854. The maximum absolute atomic E-state index is 13.5. The van der Waals surface area contributed by atoms with Crippen LogP contribution >= 0.6 is 11.6 Å². The van der Waals surface area contributed by atoms with Crippen molar-refractivity contribution in [2.24, 2.45) is 5.92 Å². The Hall–Kier alpha value is -0.600. The highest BCUT2D eigenvalue weighted by Crippen LogP contribution is 2.27. The molecular weight excluding hydrogens is 227 g/mol. The molecule has 0 aliphatic rings. The zero-order chi connectivity index (χ0) is 12.3. The Morgan fingerprint density at radius 2 is 2.06 bits per heavy atom. The van der Waals surface area contributed by atoms with Crippen molar-refractivity contribution in [3.63, 3.8) is 0 Å². The maximum Gasteiger partial charge on any atom is 0.127 e. The van der Waals surface area contributed by atoms with Gasteiger partial charge in [0, 0.05) is 17.0 Å². The molecule has 0 aliphatic carbocycles. The largest absolute Gasteiger partial charge is 0.390 e. The summed E-state index contributed by atoms with van der Waals surface area (Å²) in [4.78, 5) is 0. The van der Waals surface area contributed by atoms with Gasteiger partial charge in [0.05, 0.1) is 5.60 Å². The van der Waals surface area contributed by atoms with Crippen molar-refractivity contribution < 1.29 is 9.50 Å². The van der Waals surface area contributed by atoms with Crippen LogP contribution in [0.5, 0.6) is 0 Å². The zero-order valence-corrected chi connectivity index (χ0v) is 10.7. The Balaban J connectivity index is 2.87. The van der Waals surface area contributed by atoms with Gasteiger partial charge in [0.1, 0.15) is 5.82 Å². The number of hydrogen-bond acceptors (Lipinski definition) is 1. The van der Waals surface area contributed by atoms with E-state index in [1.807, 2.05) is 13.8 Å². The summed E-state index contributed by atoms with van der Waals surface area (Å²) in [5, 5.41) is 10.5. The van der Waals surface area contributed by atoms with Crippen molar-refractivity contribution in [3.05, 3.63) is 34.6 Å². The van der Waals surface area contributed by atoms with Gasteiger partial charge in [-0.25, -0.2) is 4.39 Å². The van der Waals surface area contributed by atoms with Crippen LogP contribution in [0.15, 0.2) is 18.2 Å². The molecule has 90 valence electrons. The summed E-state index contributed by atoms with van der Waals surface area (Å²) >= 11 is 5.92. The molecule has 1 aromatic rings. The summed E-state index contributed by atoms with van der Waals surface area (Å²) in [6.07, 6.45) is 0.869. The molecule has 1 N–H and O–H groups in total. The summed E-state index contributed by atoms with van der Waals surface area (Å²) in [7, 11) is 0. The van der Waals surface area contributed by atoms with Crippen molar-refractivity contribution in [1.82, 2.24) is 0 Å². The van der Waals surface area contributed by atoms with Gasteiger partial charge in [0.15, 0.2) is 0 Å². The van der Waals surface area contributed by atoms with Gasteiger partial charge in [-0.1, -0.05) is 31.5 Å². The van der Waals surface area contributed by atoms with Crippen molar-refractivity contribution in [2.45, 2.75) is 39.2 Å². The normalized spacial score (nSPS) is 15.2. The van der Waals surface area contributed by atoms with Gasteiger partial charge in [-0.15, -0.1) is 0 Å². The van der Waals surface area contributed by atoms with Crippen LogP contribution in [0, 0.1) is 11.7 Å². The lowest BCUT2D eigenvalue weighted by Gasteiger charge is -2.26. The first kappa shape index (κ1) is 13.5.